The highest BCUT2D eigenvalue weighted by Gasteiger charge is 2.19. The lowest BCUT2D eigenvalue weighted by Crippen LogP contribution is -2.21. The van der Waals surface area contributed by atoms with E-state index in [0.717, 1.165) is 5.39 Å². The van der Waals surface area contributed by atoms with E-state index >= 15 is 0 Å². The van der Waals surface area contributed by atoms with Crippen molar-refractivity contribution in [3.8, 4) is 11.7 Å². The van der Waals surface area contributed by atoms with Gasteiger partial charge in [0.05, 0.1) is 12.3 Å². The quantitative estimate of drug-likeness (QED) is 0.577. The van der Waals surface area contributed by atoms with Crippen LogP contribution in [0.25, 0.3) is 27.8 Å². The molecule has 6 heteroatoms. The van der Waals surface area contributed by atoms with Crippen molar-refractivity contribution in [1.29, 1.82) is 0 Å². The van der Waals surface area contributed by atoms with Crippen LogP contribution in [0.4, 0.5) is 4.39 Å². The van der Waals surface area contributed by atoms with Gasteiger partial charge < -0.3 is 9.15 Å². The SMILES string of the molecule is CCOc1nc2c(oc3ccccc32)c(=O)n1-c1ccc(F)cc1. The van der Waals surface area contributed by atoms with Crippen molar-refractivity contribution in [3.05, 3.63) is 64.7 Å². The van der Waals surface area contributed by atoms with Crippen LogP contribution < -0.4 is 10.3 Å². The smallest absolute Gasteiger partial charge is 0.304 e. The maximum Gasteiger partial charge on any atom is 0.304 e. The van der Waals surface area contributed by atoms with Crippen molar-refractivity contribution in [3.63, 3.8) is 0 Å². The van der Waals surface area contributed by atoms with E-state index in [1.807, 2.05) is 18.2 Å². The lowest BCUT2D eigenvalue weighted by Gasteiger charge is -2.11. The standard InChI is InChI=1S/C18H13FN2O3/c1-2-23-18-20-15-13-5-3-4-6-14(13)24-16(15)17(22)21(18)12-9-7-11(19)8-10-12/h3-10H,2H2,1H3. The first-order valence-corrected chi connectivity index (χ1v) is 7.52. The number of halogens is 1. The van der Waals surface area contributed by atoms with Crippen LogP contribution in [0.2, 0.25) is 0 Å². The van der Waals surface area contributed by atoms with Gasteiger partial charge in [-0.05, 0) is 43.3 Å². The fourth-order valence-corrected chi connectivity index (χ4v) is 2.67. The molecule has 0 fully saturated rings. The molecule has 0 aliphatic carbocycles. The number of para-hydroxylation sites is 1. The molecule has 2 heterocycles. The van der Waals surface area contributed by atoms with E-state index in [-0.39, 0.29) is 17.4 Å². The molecule has 0 saturated carbocycles. The summed E-state index contributed by atoms with van der Waals surface area (Å²) in [6.07, 6.45) is 0. The van der Waals surface area contributed by atoms with Gasteiger partial charge in [-0.1, -0.05) is 12.1 Å². The van der Waals surface area contributed by atoms with E-state index in [0.29, 0.717) is 23.4 Å². The van der Waals surface area contributed by atoms with Crippen molar-refractivity contribution < 1.29 is 13.5 Å². The summed E-state index contributed by atoms with van der Waals surface area (Å²) < 4.78 is 25.7. The van der Waals surface area contributed by atoms with Crippen molar-refractivity contribution in [2.45, 2.75) is 6.92 Å². The summed E-state index contributed by atoms with van der Waals surface area (Å²) >= 11 is 0. The lowest BCUT2D eigenvalue weighted by molar-refractivity contribution is 0.303. The van der Waals surface area contributed by atoms with Gasteiger partial charge in [-0.2, -0.15) is 4.98 Å². The summed E-state index contributed by atoms with van der Waals surface area (Å²) in [6.45, 7) is 2.15. The minimum absolute atomic E-state index is 0.143. The van der Waals surface area contributed by atoms with Gasteiger partial charge in [-0.3, -0.25) is 4.79 Å². The van der Waals surface area contributed by atoms with Crippen LogP contribution >= 0.6 is 0 Å². The molecule has 2 aromatic heterocycles. The van der Waals surface area contributed by atoms with Crippen LogP contribution in [0.3, 0.4) is 0 Å². The fourth-order valence-electron chi connectivity index (χ4n) is 2.67. The Kier molecular flexibility index (Phi) is 3.30. The van der Waals surface area contributed by atoms with E-state index in [1.54, 1.807) is 13.0 Å². The summed E-state index contributed by atoms with van der Waals surface area (Å²) in [5.41, 5.74) is 1.24. The second kappa shape index (κ2) is 5.49. The predicted molar refractivity (Wildman–Crippen MR) is 88.2 cm³/mol. The number of rotatable bonds is 3. The zero-order valence-corrected chi connectivity index (χ0v) is 12.8. The van der Waals surface area contributed by atoms with Gasteiger partial charge in [-0.25, -0.2) is 8.96 Å². The molecular weight excluding hydrogens is 311 g/mol. The summed E-state index contributed by atoms with van der Waals surface area (Å²) in [5, 5.41) is 0.747. The topological polar surface area (TPSA) is 57.3 Å². The second-order valence-electron chi connectivity index (χ2n) is 5.22. The molecule has 0 atom stereocenters. The van der Waals surface area contributed by atoms with Crippen LogP contribution in [0.15, 0.2) is 57.7 Å². The Morgan fingerprint density at radius 3 is 2.67 bits per heavy atom. The molecule has 120 valence electrons. The van der Waals surface area contributed by atoms with Gasteiger partial charge >= 0.3 is 11.6 Å². The molecule has 0 unspecified atom stereocenters. The van der Waals surface area contributed by atoms with Gasteiger partial charge in [0, 0.05) is 5.39 Å². The largest absolute Gasteiger partial charge is 0.465 e. The summed E-state index contributed by atoms with van der Waals surface area (Å²) in [6, 6.07) is 13.0. The first kappa shape index (κ1) is 14.4. The second-order valence-corrected chi connectivity index (χ2v) is 5.22. The van der Waals surface area contributed by atoms with E-state index in [4.69, 9.17) is 9.15 Å². The first-order valence-electron chi connectivity index (χ1n) is 7.52. The van der Waals surface area contributed by atoms with Crippen LogP contribution in [0.5, 0.6) is 6.01 Å². The number of hydrogen-bond donors (Lipinski definition) is 0. The molecule has 0 aliphatic rings. The summed E-state index contributed by atoms with van der Waals surface area (Å²) in [4.78, 5) is 17.4. The average molecular weight is 324 g/mol. The molecule has 4 aromatic rings. The molecule has 0 aliphatic heterocycles. The fraction of sp³-hybridized carbons (Fsp3) is 0.111. The maximum absolute atomic E-state index is 13.2. The molecule has 0 amide bonds. The number of aromatic nitrogens is 2. The predicted octanol–water partition coefficient (Wildman–Crippen LogP) is 3.67. The summed E-state index contributed by atoms with van der Waals surface area (Å²) in [5.74, 6) is -0.387. The van der Waals surface area contributed by atoms with Crippen molar-refractivity contribution in [2.75, 3.05) is 6.61 Å². The molecule has 0 N–H and O–H groups in total. The van der Waals surface area contributed by atoms with E-state index in [9.17, 15) is 9.18 Å². The molecule has 0 spiro atoms. The Labute approximate surface area is 135 Å². The normalized spacial score (nSPS) is 11.2. The number of ether oxygens (including phenoxy) is 1. The van der Waals surface area contributed by atoms with Gasteiger partial charge in [0.25, 0.3) is 0 Å². The van der Waals surface area contributed by atoms with Gasteiger partial charge in [0.2, 0.25) is 5.58 Å². The Morgan fingerprint density at radius 1 is 1.17 bits per heavy atom. The molecule has 0 bridgehead atoms. The minimum atomic E-state index is -0.397. The van der Waals surface area contributed by atoms with Crippen molar-refractivity contribution in [2.24, 2.45) is 0 Å². The zero-order chi connectivity index (χ0) is 16.7. The van der Waals surface area contributed by atoms with Crippen molar-refractivity contribution in [1.82, 2.24) is 9.55 Å². The Morgan fingerprint density at radius 2 is 1.92 bits per heavy atom. The van der Waals surface area contributed by atoms with Crippen LogP contribution in [0.1, 0.15) is 6.92 Å². The van der Waals surface area contributed by atoms with E-state index < -0.39 is 5.56 Å². The highest BCUT2D eigenvalue weighted by atomic mass is 19.1. The molecule has 2 aromatic carbocycles. The highest BCUT2D eigenvalue weighted by molar-refractivity contribution is 6.02. The minimum Gasteiger partial charge on any atom is -0.465 e. The molecule has 0 radical (unpaired) electrons. The van der Waals surface area contributed by atoms with Crippen LogP contribution in [-0.4, -0.2) is 16.2 Å². The highest BCUT2D eigenvalue weighted by Crippen LogP contribution is 2.27. The maximum atomic E-state index is 13.2. The van der Waals surface area contributed by atoms with Crippen molar-refractivity contribution >= 4 is 22.1 Å². The average Bonchev–Trinajstić information content (AvgIpc) is 2.96. The third-order valence-electron chi connectivity index (χ3n) is 3.72. The first-order chi connectivity index (χ1) is 11.7. The third-order valence-corrected chi connectivity index (χ3v) is 3.72. The number of fused-ring (bicyclic) bond motifs is 3. The number of furan rings is 1. The van der Waals surface area contributed by atoms with E-state index in [1.165, 1.54) is 28.8 Å². The van der Waals surface area contributed by atoms with Crippen LogP contribution in [-0.2, 0) is 0 Å². The Bertz CT molecular complexity index is 1100. The number of hydrogen-bond acceptors (Lipinski definition) is 4. The monoisotopic (exact) mass is 324 g/mol. The molecule has 4 rings (SSSR count). The molecule has 5 nitrogen and oxygen atoms in total. The third kappa shape index (κ3) is 2.15. The molecule has 0 saturated heterocycles. The zero-order valence-electron chi connectivity index (χ0n) is 12.8. The summed E-state index contributed by atoms with van der Waals surface area (Å²) in [7, 11) is 0. The van der Waals surface area contributed by atoms with Gasteiger partial charge in [0.15, 0.2) is 0 Å². The van der Waals surface area contributed by atoms with E-state index in [2.05, 4.69) is 4.98 Å². The van der Waals surface area contributed by atoms with Crippen LogP contribution in [0, 0.1) is 5.82 Å². The molecule has 24 heavy (non-hydrogen) atoms. The Hall–Kier alpha value is -3.15. The van der Waals surface area contributed by atoms with Gasteiger partial charge in [0.1, 0.15) is 16.9 Å². The van der Waals surface area contributed by atoms with Gasteiger partial charge in [-0.15, -0.1) is 0 Å². The lowest BCUT2D eigenvalue weighted by atomic mass is 10.2. The molecular formula is C18H13FN2O3. The Balaban J connectivity index is 2.09. The number of nitrogens with zero attached hydrogens (tertiary/aromatic N) is 2. The number of benzene rings is 2.